The Morgan fingerprint density at radius 1 is 0.212 bits per heavy atom. The number of nitriles is 2. The summed E-state index contributed by atoms with van der Waals surface area (Å²) in [5, 5.41) is 21.3. The van der Waals surface area contributed by atoms with Gasteiger partial charge in [0.2, 0.25) is 0 Å². The van der Waals surface area contributed by atoms with Crippen molar-refractivity contribution in [3.05, 3.63) is 254 Å². The van der Waals surface area contributed by atoms with Crippen molar-refractivity contribution in [1.29, 1.82) is 10.5 Å². The summed E-state index contributed by atoms with van der Waals surface area (Å²) in [6, 6.07) is 89.2. The van der Waals surface area contributed by atoms with Crippen LogP contribution < -0.4 is 0 Å². The highest BCUT2D eigenvalue weighted by Gasteiger charge is 2.17. The maximum atomic E-state index is 10.8. The van der Waals surface area contributed by atoms with E-state index in [9.17, 15) is 10.5 Å². The third-order valence-electron chi connectivity index (χ3n) is 12.0. The summed E-state index contributed by atoms with van der Waals surface area (Å²) in [7, 11) is 0. The highest BCUT2D eigenvalue weighted by molar-refractivity contribution is 5.90. The molecule has 2 heteroatoms. The van der Waals surface area contributed by atoms with Gasteiger partial charge in [-0.2, -0.15) is 10.5 Å². The lowest BCUT2D eigenvalue weighted by Gasteiger charge is -2.16. The lowest BCUT2D eigenvalue weighted by Crippen LogP contribution is -1.93. The Morgan fingerprint density at radius 3 is 0.818 bits per heavy atom. The van der Waals surface area contributed by atoms with E-state index < -0.39 is 0 Å². The van der Waals surface area contributed by atoms with Crippen LogP contribution in [0.15, 0.2) is 243 Å². The monoisotopic (exact) mass is 842 g/mol. The largest absolute Gasteiger partial charge is 0.192 e. The molecule has 0 unspecified atom stereocenters. The van der Waals surface area contributed by atoms with Crippen LogP contribution in [0.4, 0.5) is 0 Å². The maximum Gasteiger partial charge on any atom is 0.100 e. The molecule has 0 aliphatic carbocycles. The second-order valence-corrected chi connectivity index (χ2v) is 15.9. The zero-order valence-electron chi connectivity index (χ0n) is 37.0. The van der Waals surface area contributed by atoms with Crippen molar-refractivity contribution in [3.8, 4) is 112 Å². The molecule has 0 heterocycles. The molecule has 0 saturated heterocycles. The highest BCUT2D eigenvalue weighted by Crippen LogP contribution is 2.40. The molecule has 0 aliphatic heterocycles. The normalized spacial score (nSPS) is 10.5. The average molecular weight is 843 g/mol. The van der Waals surface area contributed by atoms with Crippen LogP contribution in [0, 0.1) is 22.7 Å². The van der Waals surface area contributed by atoms with Crippen molar-refractivity contribution >= 4 is 0 Å². The van der Waals surface area contributed by atoms with Crippen LogP contribution >= 0.6 is 0 Å². The molecule has 0 radical (unpaired) electrons. The Kier molecular flexibility index (Phi) is 12.7. The molecule has 0 bridgehead atoms. The van der Waals surface area contributed by atoms with Crippen LogP contribution in [0.2, 0.25) is 0 Å². The molecule has 0 spiro atoms. The summed E-state index contributed by atoms with van der Waals surface area (Å²) in [5.41, 5.74) is 19.8. The van der Waals surface area contributed by atoms with E-state index in [2.05, 4.69) is 164 Å². The second-order valence-electron chi connectivity index (χ2n) is 15.9. The molecule has 0 aliphatic rings. The Hall–Kier alpha value is -8.82. The zero-order valence-corrected chi connectivity index (χ0v) is 37.0. The van der Waals surface area contributed by atoms with Gasteiger partial charge in [0.1, 0.15) is 12.1 Å². The molecule has 0 aromatic heterocycles. The third kappa shape index (κ3) is 8.86. The number of hydrogen-bond donors (Lipinski definition) is 0. The molecule has 66 heavy (non-hydrogen) atoms. The van der Waals surface area contributed by atoms with E-state index in [-0.39, 0.29) is 0 Å². The molecule has 10 rings (SSSR count). The molecule has 10 aromatic carbocycles. The molecule has 0 amide bonds. The van der Waals surface area contributed by atoms with Gasteiger partial charge < -0.3 is 0 Å². The second kappa shape index (κ2) is 19.7. The first-order valence-electron chi connectivity index (χ1n) is 22.4. The van der Waals surface area contributed by atoms with E-state index in [0.29, 0.717) is 11.1 Å². The zero-order chi connectivity index (χ0) is 45.2. The summed E-state index contributed by atoms with van der Waals surface area (Å²) in [6.07, 6.45) is 0. The minimum Gasteiger partial charge on any atom is -0.192 e. The fraction of sp³-hybridized carbons (Fsp3) is 0.0312. The van der Waals surface area contributed by atoms with Gasteiger partial charge in [-0.25, -0.2) is 0 Å². The van der Waals surface area contributed by atoms with E-state index in [1.807, 2.05) is 105 Å². The van der Waals surface area contributed by atoms with Crippen LogP contribution in [-0.4, -0.2) is 0 Å². The van der Waals surface area contributed by atoms with E-state index >= 15 is 0 Å². The van der Waals surface area contributed by atoms with Crippen LogP contribution in [0.1, 0.15) is 25.0 Å². The summed E-state index contributed by atoms with van der Waals surface area (Å²) >= 11 is 0. The average Bonchev–Trinajstić information content (AvgIpc) is 3.41. The first-order chi connectivity index (χ1) is 32.6. The molecule has 10 aromatic rings. The van der Waals surface area contributed by atoms with Gasteiger partial charge in [0.15, 0.2) is 0 Å². The minimum absolute atomic E-state index is 0.629. The molecule has 0 saturated carbocycles. The topological polar surface area (TPSA) is 47.6 Å². The van der Waals surface area contributed by atoms with Crippen LogP contribution in [-0.2, 0) is 0 Å². The predicted octanol–water partition coefficient (Wildman–Crippen LogP) is 17.5. The van der Waals surface area contributed by atoms with Crippen molar-refractivity contribution in [3.63, 3.8) is 0 Å². The Bertz CT molecular complexity index is 3390. The highest BCUT2D eigenvalue weighted by atomic mass is 14.3. The molecule has 0 atom stereocenters. The molecular formula is C64H46N2. The van der Waals surface area contributed by atoms with Crippen LogP contribution in [0.25, 0.3) is 100 Å². The van der Waals surface area contributed by atoms with Gasteiger partial charge in [-0.15, -0.1) is 0 Å². The predicted molar refractivity (Wildman–Crippen MR) is 276 cm³/mol. The number of benzene rings is 10. The van der Waals surface area contributed by atoms with Crippen molar-refractivity contribution in [2.45, 2.75) is 13.8 Å². The molecule has 0 N–H and O–H groups in total. The molecule has 0 fully saturated rings. The fourth-order valence-corrected chi connectivity index (χ4v) is 8.79. The first kappa shape index (κ1) is 42.5. The summed E-state index contributed by atoms with van der Waals surface area (Å²) in [6.45, 7) is 4.00. The lowest BCUT2D eigenvalue weighted by molar-refractivity contribution is 1.46. The van der Waals surface area contributed by atoms with Gasteiger partial charge in [0.25, 0.3) is 0 Å². The van der Waals surface area contributed by atoms with E-state index in [0.717, 1.165) is 83.5 Å². The van der Waals surface area contributed by atoms with Crippen molar-refractivity contribution in [2.24, 2.45) is 0 Å². The smallest absolute Gasteiger partial charge is 0.100 e. The summed E-state index contributed by atoms with van der Waals surface area (Å²) in [5.74, 6) is 0. The van der Waals surface area contributed by atoms with Crippen molar-refractivity contribution < 1.29 is 0 Å². The van der Waals surface area contributed by atoms with Gasteiger partial charge in [-0.3, -0.25) is 0 Å². The standard InChI is InChI=1S/C62H40N2.C2H6/c63-41-61-57(44-18-6-2-7-19-44)30-14-32-59(61)53-29-13-28-52(37-53)55-38-54(39-56(40-55)60-33-15-31-58(62(60)42-64)45-20-8-3-9-21-45)51-27-12-26-50(36-51)49-25-11-24-48(35-49)47-23-10-22-46(34-47)43-16-4-1-5-17-43;1-2/h1-40H;1-2H3. The molecule has 2 nitrogen and oxygen atoms in total. The SMILES string of the molecule is CC.N#Cc1c(-c2ccccc2)cccc1-c1cccc(-c2cc(-c3cccc(-c4cccc(-c5cccc(-c6ccccc6)c5)c4)c3)cc(-c3cccc(-c4ccccc4)c3C#N)c2)c1. The lowest BCUT2D eigenvalue weighted by atomic mass is 9.87. The fourth-order valence-electron chi connectivity index (χ4n) is 8.79. The van der Waals surface area contributed by atoms with Crippen LogP contribution in [0.3, 0.4) is 0 Å². The Labute approximate surface area is 388 Å². The maximum absolute atomic E-state index is 10.8. The van der Waals surface area contributed by atoms with Crippen molar-refractivity contribution in [2.75, 3.05) is 0 Å². The number of hydrogen-bond acceptors (Lipinski definition) is 2. The molecule has 312 valence electrons. The van der Waals surface area contributed by atoms with E-state index in [4.69, 9.17) is 0 Å². The Balaban J connectivity index is 0.00000270. The van der Waals surface area contributed by atoms with Gasteiger partial charge in [-0.1, -0.05) is 214 Å². The van der Waals surface area contributed by atoms with Crippen LogP contribution in [0.5, 0.6) is 0 Å². The van der Waals surface area contributed by atoms with E-state index in [1.165, 1.54) is 16.7 Å². The van der Waals surface area contributed by atoms with Gasteiger partial charge in [0, 0.05) is 22.3 Å². The van der Waals surface area contributed by atoms with E-state index in [1.54, 1.807) is 0 Å². The first-order valence-corrected chi connectivity index (χ1v) is 22.4. The van der Waals surface area contributed by atoms with Gasteiger partial charge in [-0.05, 0) is 120 Å². The van der Waals surface area contributed by atoms with Gasteiger partial charge in [0.05, 0.1) is 11.1 Å². The quantitative estimate of drug-likeness (QED) is 0.145. The van der Waals surface area contributed by atoms with Crippen molar-refractivity contribution in [1.82, 2.24) is 0 Å². The summed E-state index contributed by atoms with van der Waals surface area (Å²) < 4.78 is 0. The van der Waals surface area contributed by atoms with Gasteiger partial charge >= 0.3 is 0 Å². The minimum atomic E-state index is 0.629. The Morgan fingerprint density at radius 2 is 0.439 bits per heavy atom. The number of rotatable bonds is 9. The summed E-state index contributed by atoms with van der Waals surface area (Å²) in [4.78, 5) is 0. The molecular weight excluding hydrogens is 797 g/mol. The third-order valence-corrected chi connectivity index (χ3v) is 12.0. The number of nitrogens with zero attached hydrogens (tertiary/aromatic N) is 2.